The Labute approximate surface area is 160 Å². The number of nitriles is 1. The van der Waals surface area contributed by atoms with Gasteiger partial charge in [0.1, 0.15) is 0 Å². The molecule has 0 amide bonds. The van der Waals surface area contributed by atoms with Crippen molar-refractivity contribution < 1.29 is 4.74 Å². The molecule has 0 spiro atoms. The van der Waals surface area contributed by atoms with E-state index in [1.807, 2.05) is 50.2 Å². The van der Waals surface area contributed by atoms with Crippen LogP contribution in [-0.4, -0.2) is 12.1 Å². The van der Waals surface area contributed by atoms with E-state index in [1.54, 1.807) is 7.11 Å². The molecule has 0 aliphatic heterocycles. The Bertz CT molecular complexity index is 1040. The van der Waals surface area contributed by atoms with Gasteiger partial charge in [-0.3, -0.25) is 0 Å². The van der Waals surface area contributed by atoms with Crippen LogP contribution in [-0.2, 0) is 18.3 Å². The minimum absolute atomic E-state index is 0.593. The second-order valence-electron chi connectivity index (χ2n) is 7.17. The molecule has 0 aliphatic rings. The smallest absolute Gasteiger partial charge is 0.216 e. The van der Waals surface area contributed by atoms with Gasteiger partial charge in [-0.2, -0.15) is 5.26 Å². The van der Waals surface area contributed by atoms with Crippen molar-refractivity contribution in [1.29, 1.82) is 5.26 Å². The summed E-state index contributed by atoms with van der Waals surface area (Å²) in [6.07, 6.45) is 1.45. The monoisotopic (exact) mass is 359 g/mol. The number of nitrogens with two attached hydrogens (primary N) is 1. The minimum Gasteiger partial charge on any atom is -0.481 e. The van der Waals surface area contributed by atoms with Gasteiger partial charge in [-0.05, 0) is 61.6 Å². The first-order chi connectivity index (χ1) is 12.9. The molecule has 4 nitrogen and oxygen atoms in total. The molecule has 1 heterocycles. The van der Waals surface area contributed by atoms with Crippen LogP contribution in [0.2, 0.25) is 0 Å². The molecule has 0 bridgehead atoms. The van der Waals surface area contributed by atoms with Crippen molar-refractivity contribution >= 4 is 16.6 Å². The van der Waals surface area contributed by atoms with Gasteiger partial charge in [0.05, 0.1) is 24.1 Å². The standard InChI is InChI=1S/C23H25N3O/c1-5-16-11-17-9-10-19(12-21(17)26-22(16)27-4)23(3,14-24)13-18-7-6-8-20(25)15(18)2/h6-12H,5,13,25H2,1-4H3. The van der Waals surface area contributed by atoms with Crippen molar-refractivity contribution in [3.8, 4) is 11.9 Å². The average molecular weight is 359 g/mol. The number of rotatable bonds is 5. The Morgan fingerprint density at radius 2 is 1.96 bits per heavy atom. The third kappa shape index (κ3) is 3.46. The van der Waals surface area contributed by atoms with E-state index in [4.69, 9.17) is 10.5 Å². The zero-order valence-corrected chi connectivity index (χ0v) is 16.3. The molecule has 0 aliphatic carbocycles. The van der Waals surface area contributed by atoms with Gasteiger partial charge in [-0.25, -0.2) is 4.98 Å². The van der Waals surface area contributed by atoms with E-state index >= 15 is 0 Å². The lowest BCUT2D eigenvalue weighted by Gasteiger charge is -2.24. The molecule has 2 N–H and O–H groups in total. The Balaban J connectivity index is 2.07. The maximum absolute atomic E-state index is 9.99. The lowest BCUT2D eigenvalue weighted by atomic mass is 9.77. The highest BCUT2D eigenvalue weighted by molar-refractivity contribution is 5.81. The summed E-state index contributed by atoms with van der Waals surface area (Å²) in [5.41, 5.74) is 11.1. The highest BCUT2D eigenvalue weighted by Gasteiger charge is 2.28. The third-order valence-corrected chi connectivity index (χ3v) is 5.35. The molecule has 0 saturated carbocycles. The van der Waals surface area contributed by atoms with Crippen LogP contribution in [0.15, 0.2) is 42.5 Å². The molecule has 0 radical (unpaired) electrons. The van der Waals surface area contributed by atoms with Crippen LogP contribution in [0.25, 0.3) is 10.9 Å². The van der Waals surface area contributed by atoms with E-state index in [9.17, 15) is 5.26 Å². The maximum atomic E-state index is 9.99. The molecule has 1 unspecified atom stereocenters. The molecule has 4 heteroatoms. The molecule has 3 rings (SSSR count). The number of aryl methyl sites for hydroxylation is 1. The minimum atomic E-state index is -0.676. The predicted molar refractivity (Wildman–Crippen MR) is 110 cm³/mol. The highest BCUT2D eigenvalue weighted by Crippen LogP contribution is 2.33. The SMILES string of the molecule is CCc1cc2ccc(C(C)(C#N)Cc3cccc(N)c3C)cc2nc1OC. The van der Waals surface area contributed by atoms with Crippen molar-refractivity contribution in [2.75, 3.05) is 12.8 Å². The van der Waals surface area contributed by atoms with Gasteiger partial charge in [0.15, 0.2) is 0 Å². The summed E-state index contributed by atoms with van der Waals surface area (Å²) in [6, 6.07) is 16.6. The Morgan fingerprint density at radius 1 is 1.19 bits per heavy atom. The normalized spacial score (nSPS) is 13.1. The molecule has 138 valence electrons. The van der Waals surface area contributed by atoms with Gasteiger partial charge in [-0.15, -0.1) is 0 Å². The summed E-state index contributed by atoms with van der Waals surface area (Å²) in [4.78, 5) is 4.66. The summed E-state index contributed by atoms with van der Waals surface area (Å²) in [5.74, 6) is 0.646. The number of hydrogen-bond donors (Lipinski definition) is 1. The summed E-state index contributed by atoms with van der Waals surface area (Å²) >= 11 is 0. The Hall–Kier alpha value is -3.06. The van der Waals surface area contributed by atoms with E-state index in [2.05, 4.69) is 24.0 Å². The fourth-order valence-electron chi connectivity index (χ4n) is 3.45. The molecule has 0 saturated heterocycles. The van der Waals surface area contributed by atoms with Crippen molar-refractivity contribution in [3.05, 3.63) is 64.7 Å². The quantitative estimate of drug-likeness (QED) is 0.669. The van der Waals surface area contributed by atoms with E-state index in [0.717, 1.165) is 45.3 Å². The average Bonchev–Trinajstić information content (AvgIpc) is 2.69. The highest BCUT2D eigenvalue weighted by atomic mass is 16.5. The van der Waals surface area contributed by atoms with Crippen LogP contribution in [0.5, 0.6) is 5.88 Å². The molecule has 2 aromatic carbocycles. The van der Waals surface area contributed by atoms with Crippen LogP contribution in [0.4, 0.5) is 5.69 Å². The number of aromatic nitrogens is 1. The topological polar surface area (TPSA) is 71.9 Å². The number of benzene rings is 2. The molecular formula is C23H25N3O. The van der Waals surface area contributed by atoms with Gasteiger partial charge in [0.2, 0.25) is 5.88 Å². The summed E-state index contributed by atoms with van der Waals surface area (Å²) < 4.78 is 5.43. The molecule has 1 aromatic heterocycles. The molecular weight excluding hydrogens is 334 g/mol. The number of anilines is 1. The van der Waals surface area contributed by atoms with Crippen LogP contribution in [0.1, 0.15) is 36.1 Å². The summed E-state index contributed by atoms with van der Waals surface area (Å²) in [5, 5.41) is 11.0. The molecule has 27 heavy (non-hydrogen) atoms. The number of hydrogen-bond acceptors (Lipinski definition) is 4. The lowest BCUT2D eigenvalue weighted by molar-refractivity contribution is 0.395. The van der Waals surface area contributed by atoms with Gasteiger partial charge in [-0.1, -0.05) is 31.2 Å². The number of ether oxygens (including phenoxy) is 1. The maximum Gasteiger partial charge on any atom is 0.216 e. The Kier molecular flexibility index (Phi) is 5.05. The molecule has 1 atom stereocenters. The van der Waals surface area contributed by atoms with Gasteiger partial charge in [0.25, 0.3) is 0 Å². The molecule has 3 aromatic rings. The zero-order chi connectivity index (χ0) is 19.6. The van der Waals surface area contributed by atoms with Crippen molar-refractivity contribution in [3.63, 3.8) is 0 Å². The van der Waals surface area contributed by atoms with E-state index in [0.29, 0.717) is 12.3 Å². The van der Waals surface area contributed by atoms with Crippen LogP contribution in [0, 0.1) is 18.3 Å². The predicted octanol–water partition coefficient (Wildman–Crippen LogP) is 4.72. The Morgan fingerprint density at radius 3 is 2.63 bits per heavy atom. The fraction of sp³-hybridized carbons (Fsp3) is 0.304. The first kappa shape index (κ1) is 18.7. The van der Waals surface area contributed by atoms with Gasteiger partial charge < -0.3 is 10.5 Å². The summed E-state index contributed by atoms with van der Waals surface area (Å²) in [7, 11) is 1.64. The van der Waals surface area contributed by atoms with E-state index in [1.165, 1.54) is 0 Å². The van der Waals surface area contributed by atoms with Crippen molar-refractivity contribution in [1.82, 2.24) is 4.98 Å². The number of nitrogen functional groups attached to an aromatic ring is 1. The van der Waals surface area contributed by atoms with E-state index in [-0.39, 0.29) is 0 Å². The second kappa shape index (κ2) is 7.28. The number of fused-ring (bicyclic) bond motifs is 1. The van der Waals surface area contributed by atoms with Crippen molar-refractivity contribution in [2.45, 2.75) is 39.0 Å². The third-order valence-electron chi connectivity index (χ3n) is 5.35. The zero-order valence-electron chi connectivity index (χ0n) is 16.3. The van der Waals surface area contributed by atoms with E-state index < -0.39 is 5.41 Å². The van der Waals surface area contributed by atoms with Gasteiger partial charge in [0, 0.05) is 16.6 Å². The summed E-state index contributed by atoms with van der Waals surface area (Å²) in [6.45, 7) is 6.05. The van der Waals surface area contributed by atoms with Crippen LogP contribution in [0.3, 0.4) is 0 Å². The lowest BCUT2D eigenvalue weighted by Crippen LogP contribution is -2.23. The first-order valence-corrected chi connectivity index (χ1v) is 9.15. The van der Waals surface area contributed by atoms with Gasteiger partial charge >= 0.3 is 0 Å². The number of pyridine rings is 1. The van der Waals surface area contributed by atoms with Crippen LogP contribution < -0.4 is 10.5 Å². The second-order valence-corrected chi connectivity index (χ2v) is 7.17. The molecule has 0 fully saturated rings. The number of nitrogens with zero attached hydrogens (tertiary/aromatic N) is 2. The van der Waals surface area contributed by atoms with Crippen LogP contribution >= 0.6 is 0 Å². The fourth-order valence-corrected chi connectivity index (χ4v) is 3.45. The first-order valence-electron chi connectivity index (χ1n) is 9.15. The number of methoxy groups -OCH3 is 1. The van der Waals surface area contributed by atoms with Crippen molar-refractivity contribution in [2.24, 2.45) is 0 Å². The largest absolute Gasteiger partial charge is 0.481 e.